The van der Waals surface area contributed by atoms with Crippen molar-refractivity contribution in [2.75, 3.05) is 26.3 Å². The predicted molar refractivity (Wildman–Crippen MR) is 159 cm³/mol. The molecule has 1 aliphatic carbocycles. The van der Waals surface area contributed by atoms with Crippen molar-refractivity contribution < 1.29 is 38.2 Å². The number of nitrogens with zero attached hydrogens (tertiary/aromatic N) is 2. The van der Waals surface area contributed by atoms with E-state index >= 15 is 0 Å². The minimum Gasteiger partial charge on any atom is -0.463 e. The van der Waals surface area contributed by atoms with Gasteiger partial charge < -0.3 is 20.1 Å². The molecular formula is C32H44N4O8. The van der Waals surface area contributed by atoms with Crippen LogP contribution in [0.3, 0.4) is 0 Å². The molecule has 0 saturated heterocycles. The van der Waals surface area contributed by atoms with Gasteiger partial charge in [0.05, 0.1) is 25.2 Å². The molecule has 0 spiro atoms. The first-order valence-corrected chi connectivity index (χ1v) is 14.7. The Morgan fingerprint density at radius 2 is 1.02 bits per heavy atom. The molecule has 0 aromatic heterocycles. The number of carbonyl (C=O) groups excluding carboxylic acids is 6. The van der Waals surface area contributed by atoms with Gasteiger partial charge in [0.1, 0.15) is 25.0 Å². The second-order valence-corrected chi connectivity index (χ2v) is 12.0. The van der Waals surface area contributed by atoms with Crippen molar-refractivity contribution in [3.63, 3.8) is 0 Å². The molecule has 1 aliphatic rings. The molecule has 0 heterocycles. The molecular weight excluding hydrogens is 568 g/mol. The number of amides is 2. The number of Topliss-reactive ketones (excluding diaryl/α,β-unsaturated/α-hetero) is 2. The standard InChI is InChI=1S/C32H44N4O8/c1-9-21(17-33)29(41)43-13-11-35-23(37)15-31(5,6)25-19(3)28(40)26(20(4)27(25)39)32(7,8)16-24(38)36-12-14-44-30(42)22(10-2)18-34/h21-22H,9-16H2,1-8H3,(H,35,37)(H,36,38). The number of hydrogen-bond donors (Lipinski definition) is 2. The van der Waals surface area contributed by atoms with Gasteiger partial charge in [-0.2, -0.15) is 10.5 Å². The van der Waals surface area contributed by atoms with Gasteiger partial charge >= 0.3 is 11.9 Å². The molecule has 1 rings (SSSR count). The summed E-state index contributed by atoms with van der Waals surface area (Å²) in [6.07, 6.45) is 0.407. The van der Waals surface area contributed by atoms with Gasteiger partial charge in [0, 0.05) is 46.0 Å². The van der Waals surface area contributed by atoms with Crippen LogP contribution in [-0.2, 0) is 38.2 Å². The van der Waals surface area contributed by atoms with E-state index in [1.165, 1.54) is 13.8 Å². The van der Waals surface area contributed by atoms with E-state index in [9.17, 15) is 28.8 Å². The van der Waals surface area contributed by atoms with Gasteiger partial charge in [-0.25, -0.2) is 0 Å². The fourth-order valence-electron chi connectivity index (χ4n) is 5.18. The van der Waals surface area contributed by atoms with Crippen LogP contribution in [0, 0.1) is 45.3 Å². The van der Waals surface area contributed by atoms with Gasteiger partial charge in [-0.3, -0.25) is 28.8 Å². The number of nitrogens with one attached hydrogen (secondary N) is 2. The van der Waals surface area contributed by atoms with Gasteiger partial charge in [-0.05, 0) is 26.7 Å². The third-order valence-electron chi connectivity index (χ3n) is 7.48. The minimum absolute atomic E-state index is 0.0221. The summed E-state index contributed by atoms with van der Waals surface area (Å²) in [7, 11) is 0. The van der Waals surface area contributed by atoms with E-state index in [0.29, 0.717) is 12.8 Å². The van der Waals surface area contributed by atoms with Crippen LogP contribution in [0.4, 0.5) is 0 Å². The molecule has 2 unspecified atom stereocenters. The van der Waals surface area contributed by atoms with Crippen LogP contribution in [0.5, 0.6) is 0 Å². The summed E-state index contributed by atoms with van der Waals surface area (Å²) < 4.78 is 10.0. The van der Waals surface area contributed by atoms with Crippen LogP contribution in [0.2, 0.25) is 0 Å². The highest BCUT2D eigenvalue weighted by Crippen LogP contribution is 2.44. The fourth-order valence-corrected chi connectivity index (χ4v) is 5.18. The number of rotatable bonds is 16. The van der Waals surface area contributed by atoms with Crippen LogP contribution in [0.15, 0.2) is 22.3 Å². The number of carbonyl (C=O) groups is 6. The number of ketones is 2. The summed E-state index contributed by atoms with van der Waals surface area (Å²) in [6, 6.07) is 3.70. The van der Waals surface area contributed by atoms with Gasteiger partial charge in [0.15, 0.2) is 11.6 Å². The first-order chi connectivity index (χ1) is 20.5. The number of nitriles is 2. The molecule has 12 heteroatoms. The molecule has 2 atom stereocenters. The maximum atomic E-state index is 13.6. The topological polar surface area (TPSA) is 193 Å². The largest absolute Gasteiger partial charge is 0.463 e. The maximum Gasteiger partial charge on any atom is 0.323 e. The van der Waals surface area contributed by atoms with Crippen molar-refractivity contribution in [2.45, 2.75) is 81.1 Å². The van der Waals surface area contributed by atoms with Crippen LogP contribution >= 0.6 is 0 Å². The Labute approximate surface area is 259 Å². The zero-order chi connectivity index (χ0) is 33.8. The maximum absolute atomic E-state index is 13.6. The third-order valence-corrected chi connectivity index (χ3v) is 7.48. The quantitative estimate of drug-likeness (QED) is 0.149. The Balaban J connectivity index is 2.88. The Bertz CT molecular complexity index is 1210. The van der Waals surface area contributed by atoms with E-state index in [1.54, 1.807) is 41.5 Å². The Hall–Kier alpha value is -4.32. The molecule has 0 aromatic carbocycles. The van der Waals surface area contributed by atoms with Gasteiger partial charge in [0.25, 0.3) is 0 Å². The summed E-state index contributed by atoms with van der Waals surface area (Å²) in [4.78, 5) is 76.3. The number of esters is 2. The summed E-state index contributed by atoms with van der Waals surface area (Å²) >= 11 is 0. The molecule has 0 saturated carbocycles. The van der Waals surface area contributed by atoms with Crippen molar-refractivity contribution in [3.8, 4) is 12.1 Å². The van der Waals surface area contributed by atoms with E-state index in [1.807, 2.05) is 12.1 Å². The summed E-state index contributed by atoms with van der Waals surface area (Å²) in [5.74, 6) is -4.62. The van der Waals surface area contributed by atoms with E-state index in [0.717, 1.165) is 0 Å². The smallest absolute Gasteiger partial charge is 0.323 e. The third kappa shape index (κ3) is 9.87. The molecule has 44 heavy (non-hydrogen) atoms. The van der Waals surface area contributed by atoms with Crippen LogP contribution in [0.25, 0.3) is 0 Å². The number of ether oxygens (including phenoxy) is 2. The summed E-state index contributed by atoms with van der Waals surface area (Å²) in [6.45, 7) is 13.1. The van der Waals surface area contributed by atoms with E-state index in [4.69, 9.17) is 20.0 Å². The highest BCUT2D eigenvalue weighted by atomic mass is 16.5. The van der Waals surface area contributed by atoms with E-state index in [2.05, 4.69) is 10.6 Å². The highest BCUT2D eigenvalue weighted by Gasteiger charge is 2.43. The molecule has 0 fully saturated rings. The first-order valence-electron chi connectivity index (χ1n) is 14.7. The lowest BCUT2D eigenvalue weighted by molar-refractivity contribution is -0.147. The van der Waals surface area contributed by atoms with Crippen molar-refractivity contribution >= 4 is 35.3 Å². The zero-order valence-electron chi connectivity index (χ0n) is 27.0. The molecule has 2 amide bonds. The second-order valence-electron chi connectivity index (χ2n) is 12.0. The van der Waals surface area contributed by atoms with Crippen molar-refractivity contribution in [2.24, 2.45) is 22.7 Å². The Morgan fingerprint density at radius 3 is 1.30 bits per heavy atom. The van der Waals surface area contributed by atoms with Crippen LogP contribution in [-0.4, -0.2) is 61.6 Å². The normalized spacial score (nSPS) is 15.1. The molecule has 0 radical (unpaired) electrons. The number of allylic oxidation sites excluding steroid dienone is 4. The fraction of sp³-hybridized carbons (Fsp3) is 0.625. The second kappa shape index (κ2) is 16.5. The van der Waals surface area contributed by atoms with Crippen molar-refractivity contribution in [1.82, 2.24) is 10.6 Å². The minimum atomic E-state index is -1.01. The molecule has 0 bridgehead atoms. The summed E-state index contributed by atoms with van der Waals surface area (Å²) in [5, 5.41) is 23.1. The SMILES string of the molecule is CCC(C#N)C(=O)OCCNC(=O)CC(C)(C)C1=C(C)C(=O)C(C(C)(C)CC(=O)NCCOC(=O)C(C#N)CC)=C(C)C1=O. The Kier molecular flexibility index (Phi) is 14.1. The first kappa shape index (κ1) is 37.7. The van der Waals surface area contributed by atoms with Gasteiger partial charge in [-0.1, -0.05) is 41.5 Å². The predicted octanol–water partition coefficient (Wildman–Crippen LogP) is 3.02. The lowest BCUT2D eigenvalue weighted by Crippen LogP contribution is -2.39. The van der Waals surface area contributed by atoms with E-state index < -0.39 is 46.4 Å². The van der Waals surface area contributed by atoms with Crippen LogP contribution in [0.1, 0.15) is 81.1 Å². The van der Waals surface area contributed by atoms with E-state index in [-0.39, 0.29) is 73.0 Å². The molecule has 0 aliphatic heterocycles. The average Bonchev–Trinajstić information content (AvgIpc) is 2.93. The highest BCUT2D eigenvalue weighted by molar-refractivity contribution is 6.26. The van der Waals surface area contributed by atoms with Gasteiger partial charge in [-0.15, -0.1) is 0 Å². The monoisotopic (exact) mass is 612 g/mol. The lowest BCUT2D eigenvalue weighted by Gasteiger charge is -2.36. The molecule has 2 N–H and O–H groups in total. The lowest BCUT2D eigenvalue weighted by atomic mass is 9.66. The van der Waals surface area contributed by atoms with Crippen molar-refractivity contribution in [3.05, 3.63) is 22.3 Å². The Morgan fingerprint density at radius 1 is 0.705 bits per heavy atom. The van der Waals surface area contributed by atoms with Gasteiger partial charge in [0.2, 0.25) is 11.8 Å². The number of hydrogen-bond acceptors (Lipinski definition) is 10. The molecule has 12 nitrogen and oxygen atoms in total. The molecule has 0 aromatic rings. The molecule has 240 valence electrons. The average molecular weight is 613 g/mol. The van der Waals surface area contributed by atoms with Crippen molar-refractivity contribution in [1.29, 1.82) is 10.5 Å². The van der Waals surface area contributed by atoms with Crippen LogP contribution < -0.4 is 10.6 Å². The zero-order valence-corrected chi connectivity index (χ0v) is 27.0. The summed E-state index contributed by atoms with van der Waals surface area (Å²) in [5.41, 5.74) is -1.19.